The molecule has 7 heteroatoms. The number of hydrogen-bond donors (Lipinski definition) is 0. The van der Waals surface area contributed by atoms with Gasteiger partial charge in [0.2, 0.25) is 0 Å². The first-order valence-corrected chi connectivity index (χ1v) is 9.06. The average molecular weight is 346 g/mol. The third-order valence-corrected chi connectivity index (χ3v) is 4.88. The minimum Gasteiger partial charge on any atom is -0.365 e. The fraction of sp³-hybridized carbons (Fsp3) is 0.667. The number of likely N-dealkylation sites (tertiary alicyclic amines) is 1. The van der Waals surface area contributed by atoms with Crippen LogP contribution in [0.1, 0.15) is 47.6 Å². The van der Waals surface area contributed by atoms with Gasteiger partial charge in [-0.05, 0) is 26.7 Å². The maximum absolute atomic E-state index is 12.8. The first kappa shape index (κ1) is 17.8. The Bertz CT molecular complexity index is 641. The summed E-state index contributed by atoms with van der Waals surface area (Å²) in [5.74, 6) is 0.524. The van der Waals surface area contributed by atoms with E-state index in [9.17, 15) is 9.59 Å². The van der Waals surface area contributed by atoms with Gasteiger partial charge in [0, 0.05) is 25.8 Å². The minimum absolute atomic E-state index is 0.0104. The van der Waals surface area contributed by atoms with Crippen LogP contribution in [-0.2, 0) is 9.53 Å². The molecule has 1 aromatic heterocycles. The Morgan fingerprint density at radius 3 is 2.48 bits per heavy atom. The molecule has 0 unspecified atom stereocenters. The van der Waals surface area contributed by atoms with Gasteiger partial charge in [-0.1, -0.05) is 12.8 Å². The molecule has 0 aromatic carbocycles. The number of morpholine rings is 1. The van der Waals surface area contributed by atoms with E-state index in [0.717, 1.165) is 25.9 Å². The average Bonchev–Trinajstić information content (AvgIpc) is 2.90. The molecule has 136 valence electrons. The van der Waals surface area contributed by atoms with Crippen molar-refractivity contribution in [3.05, 3.63) is 23.3 Å². The Labute approximate surface area is 148 Å². The molecule has 1 aromatic rings. The number of aromatic nitrogens is 2. The summed E-state index contributed by atoms with van der Waals surface area (Å²) in [5.41, 5.74) is 1.16. The van der Waals surface area contributed by atoms with E-state index in [1.807, 2.05) is 11.8 Å². The van der Waals surface area contributed by atoms with Crippen LogP contribution < -0.4 is 0 Å². The number of aryl methyl sites for hydroxylation is 2. The Balaban J connectivity index is 1.67. The molecule has 3 rings (SSSR count). The fourth-order valence-corrected chi connectivity index (χ4v) is 3.44. The van der Waals surface area contributed by atoms with Crippen LogP contribution in [0.5, 0.6) is 0 Å². The predicted molar refractivity (Wildman–Crippen MR) is 92.2 cm³/mol. The van der Waals surface area contributed by atoms with Crippen molar-refractivity contribution in [2.45, 2.75) is 45.6 Å². The number of carbonyl (C=O) groups excluding carboxylic acids is 2. The third-order valence-electron chi connectivity index (χ3n) is 4.88. The van der Waals surface area contributed by atoms with E-state index in [4.69, 9.17) is 4.74 Å². The second-order valence-corrected chi connectivity index (χ2v) is 6.77. The second kappa shape index (κ2) is 7.91. The number of ether oxygens (including phenoxy) is 1. The molecule has 1 atom stereocenters. The molecule has 7 nitrogen and oxygen atoms in total. The molecule has 3 heterocycles. The Morgan fingerprint density at radius 2 is 1.80 bits per heavy atom. The number of nitrogens with zero attached hydrogens (tertiary/aromatic N) is 4. The highest BCUT2D eigenvalue weighted by Crippen LogP contribution is 2.16. The summed E-state index contributed by atoms with van der Waals surface area (Å²) in [6.45, 7) is 6.34. The zero-order valence-electron chi connectivity index (χ0n) is 15.0. The molecular formula is C18H26N4O3. The fourth-order valence-electron chi connectivity index (χ4n) is 3.44. The topological polar surface area (TPSA) is 75.6 Å². The Hall–Kier alpha value is -2.02. The normalized spacial score (nSPS) is 21.8. The van der Waals surface area contributed by atoms with Crippen molar-refractivity contribution < 1.29 is 14.3 Å². The van der Waals surface area contributed by atoms with E-state index in [2.05, 4.69) is 9.97 Å². The molecule has 0 spiro atoms. The van der Waals surface area contributed by atoms with Gasteiger partial charge < -0.3 is 14.5 Å². The van der Waals surface area contributed by atoms with Crippen LogP contribution in [0.3, 0.4) is 0 Å². The van der Waals surface area contributed by atoms with Gasteiger partial charge in [0.1, 0.15) is 5.82 Å². The molecule has 0 bridgehead atoms. The zero-order valence-corrected chi connectivity index (χ0v) is 15.0. The maximum Gasteiger partial charge on any atom is 0.257 e. The van der Waals surface area contributed by atoms with Crippen molar-refractivity contribution in [3.8, 4) is 0 Å². The number of amides is 2. The van der Waals surface area contributed by atoms with Crippen LogP contribution in [0.15, 0.2) is 6.20 Å². The van der Waals surface area contributed by atoms with Gasteiger partial charge in [-0.25, -0.2) is 9.97 Å². The highest BCUT2D eigenvalue weighted by Gasteiger charge is 2.33. The monoisotopic (exact) mass is 346 g/mol. The summed E-state index contributed by atoms with van der Waals surface area (Å²) >= 11 is 0. The lowest BCUT2D eigenvalue weighted by Gasteiger charge is -2.35. The van der Waals surface area contributed by atoms with E-state index in [0.29, 0.717) is 36.8 Å². The van der Waals surface area contributed by atoms with Gasteiger partial charge in [0.15, 0.2) is 6.10 Å². The van der Waals surface area contributed by atoms with Crippen molar-refractivity contribution in [1.82, 2.24) is 19.8 Å². The van der Waals surface area contributed by atoms with E-state index in [1.165, 1.54) is 12.8 Å². The van der Waals surface area contributed by atoms with E-state index < -0.39 is 6.10 Å². The smallest absolute Gasteiger partial charge is 0.257 e. The first-order valence-electron chi connectivity index (χ1n) is 9.06. The summed E-state index contributed by atoms with van der Waals surface area (Å²) in [6.07, 6.45) is 5.44. The molecule has 2 fully saturated rings. The molecule has 2 aliphatic rings. The van der Waals surface area contributed by atoms with Crippen molar-refractivity contribution in [1.29, 1.82) is 0 Å². The summed E-state index contributed by atoms with van der Waals surface area (Å²) in [4.78, 5) is 37.5. The van der Waals surface area contributed by atoms with Crippen LogP contribution in [0, 0.1) is 13.8 Å². The van der Waals surface area contributed by atoms with Crippen LogP contribution >= 0.6 is 0 Å². The van der Waals surface area contributed by atoms with Crippen LogP contribution in [-0.4, -0.2) is 70.5 Å². The lowest BCUT2D eigenvalue weighted by molar-refractivity contribution is -0.148. The summed E-state index contributed by atoms with van der Waals surface area (Å²) < 4.78 is 5.68. The van der Waals surface area contributed by atoms with Gasteiger partial charge in [0.25, 0.3) is 11.8 Å². The maximum atomic E-state index is 12.8. The standard InChI is InChI=1S/C18H26N4O3/c1-13-15(11-19-14(2)20-13)17(23)22-9-10-25-16(12-22)18(24)21-7-5-3-4-6-8-21/h11,16H,3-10,12H2,1-2H3/t16-/m1/s1. The quantitative estimate of drug-likeness (QED) is 0.808. The first-order chi connectivity index (χ1) is 12.1. The molecule has 0 N–H and O–H groups in total. The summed E-state index contributed by atoms with van der Waals surface area (Å²) in [5, 5.41) is 0. The highest BCUT2D eigenvalue weighted by atomic mass is 16.5. The SMILES string of the molecule is Cc1ncc(C(=O)N2CCO[C@@H](C(=O)N3CCCCCC3)C2)c(C)n1. The minimum atomic E-state index is -0.567. The molecule has 25 heavy (non-hydrogen) atoms. The van der Waals surface area contributed by atoms with Crippen molar-refractivity contribution in [3.63, 3.8) is 0 Å². The lowest BCUT2D eigenvalue weighted by Crippen LogP contribution is -2.52. The molecule has 0 aliphatic carbocycles. The van der Waals surface area contributed by atoms with E-state index >= 15 is 0 Å². The molecule has 2 amide bonds. The third kappa shape index (κ3) is 4.15. The summed E-state index contributed by atoms with van der Waals surface area (Å²) in [7, 11) is 0. The lowest BCUT2D eigenvalue weighted by atomic mass is 10.1. The highest BCUT2D eigenvalue weighted by molar-refractivity contribution is 5.95. The van der Waals surface area contributed by atoms with Crippen molar-refractivity contribution >= 4 is 11.8 Å². The number of rotatable bonds is 2. The second-order valence-electron chi connectivity index (χ2n) is 6.77. The van der Waals surface area contributed by atoms with Crippen molar-refractivity contribution in [2.24, 2.45) is 0 Å². The van der Waals surface area contributed by atoms with Gasteiger partial charge in [-0.15, -0.1) is 0 Å². The molecule has 0 saturated carbocycles. The van der Waals surface area contributed by atoms with Crippen LogP contribution in [0.4, 0.5) is 0 Å². The van der Waals surface area contributed by atoms with Crippen LogP contribution in [0.2, 0.25) is 0 Å². The van der Waals surface area contributed by atoms with Gasteiger partial charge in [-0.3, -0.25) is 9.59 Å². The molecule has 2 saturated heterocycles. The van der Waals surface area contributed by atoms with Crippen LogP contribution in [0.25, 0.3) is 0 Å². The zero-order chi connectivity index (χ0) is 17.8. The Morgan fingerprint density at radius 1 is 1.08 bits per heavy atom. The van der Waals surface area contributed by atoms with E-state index in [1.54, 1.807) is 18.0 Å². The van der Waals surface area contributed by atoms with Crippen molar-refractivity contribution in [2.75, 3.05) is 32.8 Å². The largest absolute Gasteiger partial charge is 0.365 e. The van der Waals surface area contributed by atoms with E-state index in [-0.39, 0.29) is 11.8 Å². The van der Waals surface area contributed by atoms with Gasteiger partial charge in [-0.2, -0.15) is 0 Å². The Kier molecular flexibility index (Phi) is 5.63. The summed E-state index contributed by atoms with van der Waals surface area (Å²) in [6, 6.07) is 0. The van der Waals surface area contributed by atoms with Gasteiger partial charge >= 0.3 is 0 Å². The molecule has 2 aliphatic heterocycles. The molecular weight excluding hydrogens is 320 g/mol. The predicted octanol–water partition coefficient (Wildman–Crippen LogP) is 1.34. The van der Waals surface area contributed by atoms with Gasteiger partial charge in [0.05, 0.1) is 24.4 Å². The molecule has 0 radical (unpaired) electrons. The number of carbonyl (C=O) groups is 2. The number of hydrogen-bond acceptors (Lipinski definition) is 5.